The van der Waals surface area contributed by atoms with Crippen molar-refractivity contribution in [3.8, 4) is 23.0 Å². The third kappa shape index (κ3) is 6.85. The van der Waals surface area contributed by atoms with Gasteiger partial charge in [0.1, 0.15) is 24.4 Å². The van der Waals surface area contributed by atoms with Gasteiger partial charge in [-0.25, -0.2) is 0 Å². The van der Waals surface area contributed by atoms with Crippen molar-refractivity contribution in [3.05, 3.63) is 53.6 Å². The maximum atomic E-state index is 10.2. The Kier molecular flexibility index (Phi) is 9.73. The number of aliphatic hydroxyl groups is 4. The first-order valence-corrected chi connectivity index (χ1v) is 11.1. The SMILES string of the molecule is COc1cc(C=CCOCCc2ccc(O[C@@H]3O[C@H](CO)[C@@H](O)[C@H](O)[C@H]3O)c(OC)c2)ccc1O. The van der Waals surface area contributed by atoms with E-state index in [0.29, 0.717) is 31.1 Å². The van der Waals surface area contributed by atoms with Crippen LogP contribution in [0.2, 0.25) is 0 Å². The van der Waals surface area contributed by atoms with Crippen LogP contribution in [0.15, 0.2) is 42.5 Å². The second kappa shape index (κ2) is 12.7. The number of aromatic hydroxyl groups is 1. The van der Waals surface area contributed by atoms with Crippen LogP contribution < -0.4 is 14.2 Å². The average Bonchev–Trinajstić information content (AvgIpc) is 2.87. The zero-order valence-electron chi connectivity index (χ0n) is 19.6. The van der Waals surface area contributed by atoms with Crippen LogP contribution in [-0.2, 0) is 15.9 Å². The minimum atomic E-state index is -1.53. The molecular formula is C25H32O10. The Hall–Kier alpha value is -2.86. The van der Waals surface area contributed by atoms with Gasteiger partial charge in [-0.15, -0.1) is 0 Å². The Morgan fingerprint density at radius 2 is 1.69 bits per heavy atom. The molecule has 1 heterocycles. The van der Waals surface area contributed by atoms with E-state index in [4.69, 9.17) is 23.7 Å². The normalized spacial score (nSPS) is 24.5. The predicted molar refractivity (Wildman–Crippen MR) is 126 cm³/mol. The molecule has 1 aliphatic heterocycles. The Labute approximate surface area is 203 Å². The topological polar surface area (TPSA) is 147 Å². The fraction of sp³-hybridized carbons (Fsp3) is 0.440. The second-order valence-electron chi connectivity index (χ2n) is 7.96. The van der Waals surface area contributed by atoms with Crippen LogP contribution in [0.5, 0.6) is 23.0 Å². The first-order chi connectivity index (χ1) is 16.9. The van der Waals surface area contributed by atoms with E-state index in [1.54, 1.807) is 30.3 Å². The summed E-state index contributed by atoms with van der Waals surface area (Å²) in [5.74, 6) is 1.15. The van der Waals surface area contributed by atoms with Crippen LogP contribution in [0, 0.1) is 0 Å². The number of aliphatic hydroxyl groups excluding tert-OH is 4. The van der Waals surface area contributed by atoms with Crippen LogP contribution >= 0.6 is 0 Å². The van der Waals surface area contributed by atoms with Crippen LogP contribution in [0.3, 0.4) is 0 Å². The van der Waals surface area contributed by atoms with Gasteiger partial charge >= 0.3 is 0 Å². The summed E-state index contributed by atoms with van der Waals surface area (Å²) in [5, 5.41) is 49.0. The number of rotatable bonds is 11. The summed E-state index contributed by atoms with van der Waals surface area (Å²) in [6.07, 6.45) is -2.52. The lowest BCUT2D eigenvalue weighted by molar-refractivity contribution is -0.277. The van der Waals surface area contributed by atoms with Gasteiger partial charge in [0.15, 0.2) is 23.0 Å². The van der Waals surface area contributed by atoms with Crippen molar-refractivity contribution >= 4 is 6.08 Å². The molecule has 0 unspecified atom stereocenters. The molecular weight excluding hydrogens is 460 g/mol. The molecule has 35 heavy (non-hydrogen) atoms. The van der Waals surface area contributed by atoms with E-state index in [1.165, 1.54) is 14.2 Å². The third-order valence-corrected chi connectivity index (χ3v) is 5.58. The van der Waals surface area contributed by atoms with Gasteiger partial charge in [-0.1, -0.05) is 24.3 Å². The Balaban J connectivity index is 1.51. The quantitative estimate of drug-likeness (QED) is 0.286. The number of hydrogen-bond donors (Lipinski definition) is 5. The summed E-state index contributed by atoms with van der Waals surface area (Å²) >= 11 is 0. The fourth-order valence-electron chi connectivity index (χ4n) is 3.58. The largest absolute Gasteiger partial charge is 0.504 e. The summed E-state index contributed by atoms with van der Waals surface area (Å²) in [5.41, 5.74) is 1.80. The van der Waals surface area contributed by atoms with Gasteiger partial charge < -0.3 is 49.2 Å². The van der Waals surface area contributed by atoms with E-state index in [0.717, 1.165) is 11.1 Å². The zero-order chi connectivity index (χ0) is 25.4. The molecule has 3 rings (SSSR count). The average molecular weight is 493 g/mol. The Morgan fingerprint density at radius 1 is 0.914 bits per heavy atom. The van der Waals surface area contributed by atoms with E-state index in [1.807, 2.05) is 18.2 Å². The molecule has 1 fully saturated rings. The van der Waals surface area contributed by atoms with E-state index in [9.17, 15) is 25.5 Å². The van der Waals surface area contributed by atoms with Crippen molar-refractivity contribution in [1.29, 1.82) is 0 Å². The van der Waals surface area contributed by atoms with Crippen molar-refractivity contribution < 1.29 is 49.2 Å². The number of methoxy groups -OCH3 is 2. The van der Waals surface area contributed by atoms with Crippen molar-refractivity contribution in [2.24, 2.45) is 0 Å². The van der Waals surface area contributed by atoms with Crippen LogP contribution in [0.4, 0.5) is 0 Å². The molecule has 0 spiro atoms. The van der Waals surface area contributed by atoms with Gasteiger partial charge in [0.05, 0.1) is 34.0 Å². The second-order valence-corrected chi connectivity index (χ2v) is 7.96. The first kappa shape index (κ1) is 26.7. The monoisotopic (exact) mass is 492 g/mol. The molecule has 0 saturated carbocycles. The van der Waals surface area contributed by atoms with Gasteiger partial charge in [-0.2, -0.15) is 0 Å². The van der Waals surface area contributed by atoms with Gasteiger partial charge in [-0.3, -0.25) is 0 Å². The Morgan fingerprint density at radius 3 is 2.40 bits per heavy atom. The zero-order valence-corrected chi connectivity index (χ0v) is 19.6. The number of phenols is 1. The van der Waals surface area contributed by atoms with Gasteiger partial charge in [-0.05, 0) is 41.8 Å². The third-order valence-electron chi connectivity index (χ3n) is 5.58. The summed E-state index contributed by atoms with van der Waals surface area (Å²) < 4.78 is 27.2. The lowest BCUT2D eigenvalue weighted by atomic mass is 9.99. The first-order valence-electron chi connectivity index (χ1n) is 11.1. The molecule has 5 atom stereocenters. The van der Waals surface area contributed by atoms with Crippen molar-refractivity contribution in [2.45, 2.75) is 37.1 Å². The lowest BCUT2D eigenvalue weighted by Crippen LogP contribution is -2.60. The highest BCUT2D eigenvalue weighted by Gasteiger charge is 2.44. The minimum absolute atomic E-state index is 0.0842. The molecule has 0 aliphatic carbocycles. The maximum Gasteiger partial charge on any atom is 0.229 e. The predicted octanol–water partition coefficient (Wildman–Crippen LogP) is 0.861. The fourth-order valence-corrected chi connectivity index (χ4v) is 3.58. The Bertz CT molecular complexity index is 977. The van der Waals surface area contributed by atoms with Crippen molar-refractivity contribution in [1.82, 2.24) is 0 Å². The maximum absolute atomic E-state index is 10.2. The van der Waals surface area contributed by atoms with Crippen LogP contribution in [-0.4, -0.2) is 90.3 Å². The summed E-state index contributed by atoms with van der Waals surface area (Å²) in [6.45, 7) is 0.317. The van der Waals surface area contributed by atoms with E-state index >= 15 is 0 Å². The number of ether oxygens (including phenoxy) is 5. The van der Waals surface area contributed by atoms with Crippen LogP contribution in [0.1, 0.15) is 11.1 Å². The molecule has 2 aromatic rings. The molecule has 2 aromatic carbocycles. The molecule has 10 nitrogen and oxygen atoms in total. The minimum Gasteiger partial charge on any atom is -0.504 e. The van der Waals surface area contributed by atoms with E-state index in [2.05, 4.69) is 0 Å². The van der Waals surface area contributed by atoms with Crippen LogP contribution in [0.25, 0.3) is 6.08 Å². The van der Waals surface area contributed by atoms with Gasteiger partial charge in [0, 0.05) is 0 Å². The summed E-state index contributed by atoms with van der Waals surface area (Å²) in [4.78, 5) is 0. The lowest BCUT2D eigenvalue weighted by Gasteiger charge is -2.39. The molecule has 1 saturated heterocycles. The van der Waals surface area contributed by atoms with Gasteiger partial charge in [0.25, 0.3) is 0 Å². The molecule has 0 radical (unpaired) electrons. The number of hydrogen-bond acceptors (Lipinski definition) is 10. The molecule has 5 N–H and O–H groups in total. The van der Waals surface area contributed by atoms with E-state index in [-0.39, 0.29) is 11.5 Å². The molecule has 1 aliphatic rings. The standard InChI is InChI=1S/C25H32O10/c1-31-19-12-15(5-7-17(19)27)4-3-10-33-11-9-16-6-8-18(20(13-16)32-2)34-25-24(30)23(29)22(28)21(14-26)35-25/h3-8,12-13,21-30H,9-11,14H2,1-2H3/t21-,22-,23+,24-,25-/m1/s1. The van der Waals surface area contributed by atoms with E-state index < -0.39 is 37.3 Å². The highest BCUT2D eigenvalue weighted by Crippen LogP contribution is 2.32. The van der Waals surface area contributed by atoms with Crippen molar-refractivity contribution in [2.75, 3.05) is 34.0 Å². The number of phenolic OH excluding ortho intramolecular Hbond substituents is 1. The van der Waals surface area contributed by atoms with Crippen molar-refractivity contribution in [3.63, 3.8) is 0 Å². The number of benzene rings is 2. The smallest absolute Gasteiger partial charge is 0.229 e. The molecule has 192 valence electrons. The summed E-state index contributed by atoms with van der Waals surface area (Å²) in [6, 6.07) is 10.3. The highest BCUT2D eigenvalue weighted by atomic mass is 16.7. The molecule has 0 aromatic heterocycles. The summed E-state index contributed by atoms with van der Waals surface area (Å²) in [7, 11) is 2.97. The highest BCUT2D eigenvalue weighted by molar-refractivity contribution is 5.55. The molecule has 0 bridgehead atoms. The molecule has 10 heteroatoms. The molecule has 0 amide bonds. The van der Waals surface area contributed by atoms with Gasteiger partial charge in [0.2, 0.25) is 6.29 Å².